The Morgan fingerprint density at radius 1 is 1.37 bits per heavy atom. The van der Waals surface area contributed by atoms with Crippen molar-refractivity contribution in [2.45, 2.75) is 70.9 Å². The molecular weight excluding hydrogens is 240 g/mol. The van der Waals surface area contributed by atoms with Gasteiger partial charge < -0.3 is 5.11 Å². The van der Waals surface area contributed by atoms with Crippen LogP contribution in [0.2, 0.25) is 0 Å². The van der Waals surface area contributed by atoms with Gasteiger partial charge in [-0.15, -0.1) is 0 Å². The van der Waals surface area contributed by atoms with Crippen LogP contribution in [0.5, 0.6) is 0 Å². The Morgan fingerprint density at radius 3 is 2.58 bits per heavy atom. The van der Waals surface area contributed by atoms with Crippen molar-refractivity contribution in [3.05, 3.63) is 17.5 Å². The van der Waals surface area contributed by atoms with Gasteiger partial charge >= 0.3 is 0 Å². The fraction of sp³-hybridized carbons (Fsp3) is 0.733. The quantitative estimate of drug-likeness (QED) is 0.850. The summed E-state index contributed by atoms with van der Waals surface area (Å²) < 4.78 is 1.85. The van der Waals surface area contributed by atoms with Crippen molar-refractivity contribution in [3.63, 3.8) is 0 Å². The van der Waals surface area contributed by atoms with Gasteiger partial charge in [-0.05, 0) is 32.8 Å². The number of nitrogens with zero attached hydrogens (tertiary/aromatic N) is 2. The van der Waals surface area contributed by atoms with Gasteiger partial charge in [-0.25, -0.2) is 0 Å². The summed E-state index contributed by atoms with van der Waals surface area (Å²) in [6, 6.07) is 1.95. The number of rotatable bonds is 4. The predicted molar refractivity (Wildman–Crippen MR) is 74.0 cm³/mol. The summed E-state index contributed by atoms with van der Waals surface area (Å²) in [7, 11) is 0. The molecule has 1 fully saturated rings. The molecule has 0 aromatic carbocycles. The van der Waals surface area contributed by atoms with Crippen LogP contribution in [-0.2, 0) is 17.8 Å². The van der Waals surface area contributed by atoms with Gasteiger partial charge in [-0.1, -0.05) is 25.7 Å². The molecule has 1 aromatic heterocycles. The van der Waals surface area contributed by atoms with Crippen LogP contribution in [0.15, 0.2) is 6.07 Å². The number of aliphatic hydroxyl groups is 1. The molecule has 1 aliphatic carbocycles. The Kier molecular flexibility index (Phi) is 4.40. The lowest BCUT2D eigenvalue weighted by atomic mass is 9.87. The van der Waals surface area contributed by atoms with E-state index in [1.54, 1.807) is 0 Å². The molecule has 4 nitrogen and oxygen atoms in total. The second-order valence-corrected chi connectivity index (χ2v) is 5.64. The molecular formula is C15H24N2O2. The van der Waals surface area contributed by atoms with E-state index in [1.165, 1.54) is 0 Å². The van der Waals surface area contributed by atoms with Crippen LogP contribution < -0.4 is 0 Å². The first kappa shape index (κ1) is 14.3. The highest BCUT2D eigenvalue weighted by molar-refractivity contribution is 5.88. The first-order valence-electron chi connectivity index (χ1n) is 7.34. The lowest BCUT2D eigenvalue weighted by molar-refractivity contribution is -0.138. The Bertz CT molecular complexity index is 443. The Balaban J connectivity index is 2.10. The molecule has 1 saturated carbocycles. The number of aryl methyl sites for hydroxylation is 2. The van der Waals surface area contributed by atoms with E-state index in [9.17, 15) is 9.90 Å². The molecule has 106 valence electrons. The number of carbonyl (C=O) groups excluding carboxylic acids is 1. The molecule has 0 amide bonds. The summed E-state index contributed by atoms with van der Waals surface area (Å²) >= 11 is 0. The van der Waals surface area contributed by atoms with Crippen LogP contribution >= 0.6 is 0 Å². The second-order valence-electron chi connectivity index (χ2n) is 5.64. The minimum atomic E-state index is -1.10. The maximum atomic E-state index is 12.4. The number of hydrogen-bond donors (Lipinski definition) is 1. The van der Waals surface area contributed by atoms with Gasteiger partial charge in [0.2, 0.25) is 0 Å². The van der Waals surface area contributed by atoms with Gasteiger partial charge in [-0.3, -0.25) is 9.48 Å². The molecule has 2 rings (SSSR count). The zero-order valence-electron chi connectivity index (χ0n) is 12.0. The number of Topliss-reactive ketones (excluding diaryl/α,β-unsaturated/α-hetero) is 1. The van der Waals surface area contributed by atoms with Crippen molar-refractivity contribution in [2.24, 2.45) is 0 Å². The monoisotopic (exact) mass is 264 g/mol. The molecule has 0 saturated heterocycles. The minimum Gasteiger partial charge on any atom is -0.382 e. The molecule has 1 aromatic rings. The summed E-state index contributed by atoms with van der Waals surface area (Å²) in [5.74, 6) is -0.0380. The molecule has 0 spiro atoms. The summed E-state index contributed by atoms with van der Waals surface area (Å²) in [5.41, 5.74) is 0.743. The van der Waals surface area contributed by atoms with Gasteiger partial charge in [0.15, 0.2) is 5.78 Å². The van der Waals surface area contributed by atoms with Crippen molar-refractivity contribution in [2.75, 3.05) is 0 Å². The van der Waals surface area contributed by atoms with Gasteiger partial charge in [0.05, 0.1) is 12.1 Å². The van der Waals surface area contributed by atoms with Crippen molar-refractivity contribution >= 4 is 5.78 Å². The van der Waals surface area contributed by atoms with E-state index in [0.717, 1.165) is 43.6 Å². The summed E-state index contributed by atoms with van der Waals surface area (Å²) in [6.07, 6.45) is 5.69. The zero-order valence-corrected chi connectivity index (χ0v) is 12.0. The fourth-order valence-electron chi connectivity index (χ4n) is 2.94. The van der Waals surface area contributed by atoms with E-state index in [-0.39, 0.29) is 5.78 Å². The molecule has 0 bridgehead atoms. The van der Waals surface area contributed by atoms with Gasteiger partial charge in [0.25, 0.3) is 0 Å². The third-order valence-corrected chi connectivity index (χ3v) is 4.08. The molecule has 0 radical (unpaired) electrons. The highest BCUT2D eigenvalue weighted by atomic mass is 16.3. The van der Waals surface area contributed by atoms with E-state index in [2.05, 4.69) is 5.10 Å². The Labute approximate surface area is 114 Å². The SMILES string of the molecule is CCn1nc(C)cc1CC(=O)C1(O)CCCCCC1. The Morgan fingerprint density at radius 2 is 2.00 bits per heavy atom. The standard InChI is InChI=1S/C15H24N2O2/c1-3-17-13(10-12(2)16-17)11-14(18)15(19)8-6-4-5-7-9-15/h10,19H,3-9,11H2,1-2H3. The molecule has 1 heterocycles. The lowest BCUT2D eigenvalue weighted by Gasteiger charge is -2.24. The van der Waals surface area contributed by atoms with Gasteiger partial charge in [0.1, 0.15) is 5.60 Å². The van der Waals surface area contributed by atoms with Crippen LogP contribution in [0.1, 0.15) is 56.8 Å². The van der Waals surface area contributed by atoms with E-state index in [0.29, 0.717) is 19.3 Å². The van der Waals surface area contributed by atoms with Crippen LogP contribution in [0, 0.1) is 6.92 Å². The van der Waals surface area contributed by atoms with Crippen LogP contribution in [0.25, 0.3) is 0 Å². The number of hydrogen-bond acceptors (Lipinski definition) is 3. The smallest absolute Gasteiger partial charge is 0.170 e. The minimum absolute atomic E-state index is 0.0380. The summed E-state index contributed by atoms with van der Waals surface area (Å²) in [6.45, 7) is 4.70. The Hall–Kier alpha value is -1.16. The van der Waals surface area contributed by atoms with Gasteiger partial charge in [-0.2, -0.15) is 5.10 Å². The third kappa shape index (κ3) is 3.24. The molecule has 19 heavy (non-hydrogen) atoms. The van der Waals surface area contributed by atoms with Crippen molar-refractivity contribution in [3.8, 4) is 0 Å². The second kappa shape index (κ2) is 5.87. The summed E-state index contributed by atoms with van der Waals surface area (Å²) in [4.78, 5) is 12.4. The fourth-order valence-corrected chi connectivity index (χ4v) is 2.94. The van der Waals surface area contributed by atoms with Crippen LogP contribution in [0.4, 0.5) is 0 Å². The largest absolute Gasteiger partial charge is 0.382 e. The van der Waals surface area contributed by atoms with E-state index in [4.69, 9.17) is 0 Å². The normalized spacial score (nSPS) is 19.1. The van der Waals surface area contributed by atoms with Crippen molar-refractivity contribution in [1.82, 2.24) is 9.78 Å². The average molecular weight is 264 g/mol. The maximum Gasteiger partial charge on any atom is 0.170 e. The zero-order chi connectivity index (χ0) is 13.9. The molecule has 0 aliphatic heterocycles. The first-order valence-corrected chi connectivity index (χ1v) is 7.34. The third-order valence-electron chi connectivity index (χ3n) is 4.08. The van der Waals surface area contributed by atoms with Crippen LogP contribution in [0.3, 0.4) is 0 Å². The van der Waals surface area contributed by atoms with E-state index in [1.807, 2.05) is 24.6 Å². The number of aromatic nitrogens is 2. The van der Waals surface area contributed by atoms with E-state index < -0.39 is 5.60 Å². The van der Waals surface area contributed by atoms with E-state index >= 15 is 0 Å². The highest BCUT2D eigenvalue weighted by Gasteiger charge is 2.35. The molecule has 0 atom stereocenters. The number of carbonyl (C=O) groups is 1. The first-order chi connectivity index (χ1) is 9.05. The number of ketones is 1. The predicted octanol–water partition coefficient (Wildman–Crippen LogP) is 2.41. The van der Waals surface area contributed by atoms with Crippen molar-refractivity contribution < 1.29 is 9.90 Å². The topological polar surface area (TPSA) is 55.1 Å². The maximum absolute atomic E-state index is 12.4. The van der Waals surface area contributed by atoms with Crippen LogP contribution in [-0.4, -0.2) is 26.3 Å². The lowest BCUT2D eigenvalue weighted by Crippen LogP contribution is -2.39. The molecule has 1 N–H and O–H groups in total. The van der Waals surface area contributed by atoms with Gasteiger partial charge in [0, 0.05) is 12.2 Å². The van der Waals surface area contributed by atoms with Crippen molar-refractivity contribution in [1.29, 1.82) is 0 Å². The summed E-state index contributed by atoms with van der Waals surface area (Å²) in [5, 5.41) is 14.9. The highest BCUT2D eigenvalue weighted by Crippen LogP contribution is 2.29. The molecule has 1 aliphatic rings. The molecule has 0 unspecified atom stereocenters. The average Bonchev–Trinajstić information content (AvgIpc) is 2.59. The molecule has 4 heteroatoms.